The van der Waals surface area contributed by atoms with Gasteiger partial charge < -0.3 is 10.6 Å². The summed E-state index contributed by atoms with van der Waals surface area (Å²) in [5.41, 5.74) is 6.87. The average molecular weight is 277 g/mol. The number of carbonyl (C=O) groups excluding carboxylic acids is 1. The summed E-state index contributed by atoms with van der Waals surface area (Å²) in [5.74, 6) is 0.148. The van der Waals surface area contributed by atoms with Gasteiger partial charge in [-0.2, -0.15) is 0 Å². The van der Waals surface area contributed by atoms with E-state index < -0.39 is 0 Å². The van der Waals surface area contributed by atoms with Crippen molar-refractivity contribution in [3.8, 4) is 0 Å². The Hall–Kier alpha value is -1.46. The highest BCUT2D eigenvalue weighted by molar-refractivity contribution is 7.80. The zero-order valence-corrected chi connectivity index (χ0v) is 11.9. The Labute approximate surface area is 119 Å². The number of piperazine rings is 1. The number of rotatable bonds is 4. The summed E-state index contributed by atoms with van der Waals surface area (Å²) in [7, 11) is 1.84. The minimum absolute atomic E-state index is 0.0938. The topological polar surface area (TPSA) is 49.6 Å². The number of benzene rings is 1. The van der Waals surface area contributed by atoms with Crippen molar-refractivity contribution < 1.29 is 4.79 Å². The number of likely N-dealkylation sites (N-methyl/N-ethyl adjacent to an activating group) is 1. The molecule has 1 unspecified atom stereocenters. The fourth-order valence-corrected chi connectivity index (χ4v) is 2.52. The summed E-state index contributed by atoms with van der Waals surface area (Å²) >= 11 is 5.05. The summed E-state index contributed by atoms with van der Waals surface area (Å²) < 4.78 is 0. The Morgan fingerprint density at radius 1 is 1.37 bits per heavy atom. The van der Waals surface area contributed by atoms with E-state index in [1.165, 1.54) is 0 Å². The minimum Gasteiger partial charge on any atom is -0.393 e. The molecule has 102 valence electrons. The summed E-state index contributed by atoms with van der Waals surface area (Å²) in [5, 5.41) is 0. The number of carbonyl (C=O) groups is 1. The van der Waals surface area contributed by atoms with E-state index in [4.69, 9.17) is 18.0 Å². The molecule has 0 radical (unpaired) electrons. The maximum atomic E-state index is 11.8. The average Bonchev–Trinajstić information content (AvgIpc) is 2.40. The standard InChI is InChI=1S/C14H19N3OS/c1-16-7-8-17(10-14(16)18)12(9-13(15)19)11-5-3-2-4-6-11/h2-6,12H,7-10H2,1H3,(H2,15,19). The first-order valence-electron chi connectivity index (χ1n) is 6.39. The Morgan fingerprint density at radius 3 is 2.63 bits per heavy atom. The predicted octanol–water partition coefficient (Wildman–Crippen LogP) is 1.18. The van der Waals surface area contributed by atoms with E-state index in [1.807, 2.05) is 25.2 Å². The molecule has 19 heavy (non-hydrogen) atoms. The Morgan fingerprint density at radius 2 is 2.05 bits per heavy atom. The second-order valence-electron chi connectivity index (χ2n) is 4.88. The molecule has 1 aliphatic heterocycles. The van der Waals surface area contributed by atoms with Crippen LogP contribution in [-0.4, -0.2) is 47.4 Å². The first kappa shape index (κ1) is 14.0. The fourth-order valence-electron chi connectivity index (χ4n) is 2.37. The van der Waals surface area contributed by atoms with Gasteiger partial charge >= 0.3 is 0 Å². The van der Waals surface area contributed by atoms with Crippen molar-refractivity contribution >= 4 is 23.1 Å². The van der Waals surface area contributed by atoms with Crippen molar-refractivity contribution in [2.75, 3.05) is 26.7 Å². The fraction of sp³-hybridized carbons (Fsp3) is 0.429. The molecule has 1 fully saturated rings. The van der Waals surface area contributed by atoms with Crippen LogP contribution >= 0.6 is 12.2 Å². The van der Waals surface area contributed by atoms with E-state index in [1.54, 1.807) is 4.90 Å². The molecule has 0 spiro atoms. The molecular formula is C14H19N3OS. The third-order valence-electron chi connectivity index (χ3n) is 3.51. The molecule has 0 bridgehead atoms. The van der Waals surface area contributed by atoms with Gasteiger partial charge in [0.15, 0.2) is 0 Å². The first-order chi connectivity index (χ1) is 9.08. The number of thiocarbonyl (C=S) groups is 1. The molecule has 1 aromatic rings. The highest BCUT2D eigenvalue weighted by atomic mass is 32.1. The lowest BCUT2D eigenvalue weighted by atomic mass is 10.0. The summed E-state index contributed by atoms with van der Waals surface area (Å²) in [6.07, 6.45) is 0.607. The van der Waals surface area contributed by atoms with Crippen LogP contribution in [-0.2, 0) is 4.79 Å². The summed E-state index contributed by atoms with van der Waals surface area (Å²) in [6, 6.07) is 10.2. The normalized spacial score (nSPS) is 18.4. The molecule has 0 aromatic heterocycles. The van der Waals surface area contributed by atoms with Crippen molar-refractivity contribution in [2.45, 2.75) is 12.5 Å². The quantitative estimate of drug-likeness (QED) is 0.840. The molecule has 1 aliphatic rings. The van der Waals surface area contributed by atoms with Gasteiger partial charge in [0.25, 0.3) is 0 Å². The zero-order chi connectivity index (χ0) is 13.8. The van der Waals surface area contributed by atoms with Crippen LogP contribution in [0.25, 0.3) is 0 Å². The molecule has 1 amide bonds. The number of hydrogen-bond donors (Lipinski definition) is 1. The summed E-state index contributed by atoms with van der Waals surface area (Å²) in [6.45, 7) is 2.03. The van der Waals surface area contributed by atoms with Crippen LogP contribution in [0.15, 0.2) is 30.3 Å². The van der Waals surface area contributed by atoms with Gasteiger partial charge in [-0.1, -0.05) is 42.5 Å². The van der Waals surface area contributed by atoms with Crippen LogP contribution in [0, 0.1) is 0 Å². The Kier molecular flexibility index (Phi) is 4.50. The monoisotopic (exact) mass is 277 g/mol. The van der Waals surface area contributed by atoms with Crippen molar-refractivity contribution in [1.82, 2.24) is 9.80 Å². The molecule has 1 saturated heterocycles. The maximum absolute atomic E-state index is 11.8. The highest BCUT2D eigenvalue weighted by Gasteiger charge is 2.28. The van der Waals surface area contributed by atoms with Gasteiger partial charge in [-0.15, -0.1) is 0 Å². The van der Waals surface area contributed by atoms with E-state index in [-0.39, 0.29) is 11.9 Å². The van der Waals surface area contributed by atoms with E-state index >= 15 is 0 Å². The molecule has 0 saturated carbocycles. The lowest BCUT2D eigenvalue weighted by molar-refractivity contribution is -0.135. The van der Waals surface area contributed by atoms with Crippen LogP contribution in [0.4, 0.5) is 0 Å². The molecular weight excluding hydrogens is 258 g/mol. The number of hydrogen-bond acceptors (Lipinski definition) is 3. The molecule has 1 heterocycles. The van der Waals surface area contributed by atoms with Crippen molar-refractivity contribution in [3.05, 3.63) is 35.9 Å². The van der Waals surface area contributed by atoms with Gasteiger partial charge in [-0.05, 0) is 5.56 Å². The molecule has 5 heteroatoms. The van der Waals surface area contributed by atoms with Crippen molar-refractivity contribution in [2.24, 2.45) is 5.73 Å². The second kappa shape index (κ2) is 6.12. The number of nitrogens with zero attached hydrogens (tertiary/aromatic N) is 2. The largest absolute Gasteiger partial charge is 0.393 e. The second-order valence-corrected chi connectivity index (χ2v) is 5.41. The molecule has 1 atom stereocenters. The maximum Gasteiger partial charge on any atom is 0.236 e. The zero-order valence-electron chi connectivity index (χ0n) is 11.1. The first-order valence-corrected chi connectivity index (χ1v) is 6.80. The predicted molar refractivity (Wildman–Crippen MR) is 79.8 cm³/mol. The third-order valence-corrected chi connectivity index (χ3v) is 3.67. The molecule has 2 rings (SSSR count). The number of nitrogens with two attached hydrogens (primary N) is 1. The lowest BCUT2D eigenvalue weighted by Gasteiger charge is -2.37. The van der Waals surface area contributed by atoms with Gasteiger partial charge in [0.1, 0.15) is 0 Å². The molecule has 4 nitrogen and oxygen atoms in total. The molecule has 2 N–H and O–H groups in total. The van der Waals surface area contributed by atoms with Crippen molar-refractivity contribution in [1.29, 1.82) is 0 Å². The van der Waals surface area contributed by atoms with E-state index in [0.29, 0.717) is 18.0 Å². The highest BCUT2D eigenvalue weighted by Crippen LogP contribution is 2.25. The molecule has 0 aliphatic carbocycles. The molecule has 1 aromatic carbocycles. The van der Waals surface area contributed by atoms with Gasteiger partial charge in [0, 0.05) is 32.6 Å². The van der Waals surface area contributed by atoms with E-state index in [0.717, 1.165) is 18.7 Å². The van der Waals surface area contributed by atoms with Crippen LogP contribution in [0.5, 0.6) is 0 Å². The van der Waals surface area contributed by atoms with Crippen LogP contribution < -0.4 is 5.73 Å². The number of amides is 1. The Bertz CT molecular complexity index is 463. The van der Waals surface area contributed by atoms with Gasteiger partial charge in [0.05, 0.1) is 11.5 Å². The van der Waals surface area contributed by atoms with E-state index in [9.17, 15) is 4.79 Å². The Balaban J connectivity index is 2.19. The van der Waals surface area contributed by atoms with Crippen molar-refractivity contribution in [3.63, 3.8) is 0 Å². The SMILES string of the molecule is CN1CCN(C(CC(N)=S)c2ccccc2)CC1=O. The smallest absolute Gasteiger partial charge is 0.236 e. The van der Waals surface area contributed by atoms with Gasteiger partial charge in [0.2, 0.25) is 5.91 Å². The summed E-state index contributed by atoms with van der Waals surface area (Å²) in [4.78, 5) is 16.3. The van der Waals surface area contributed by atoms with Crippen LogP contribution in [0.1, 0.15) is 18.0 Å². The van der Waals surface area contributed by atoms with Gasteiger partial charge in [-0.25, -0.2) is 0 Å². The van der Waals surface area contributed by atoms with Gasteiger partial charge in [-0.3, -0.25) is 9.69 Å². The van der Waals surface area contributed by atoms with E-state index in [2.05, 4.69) is 17.0 Å². The lowest BCUT2D eigenvalue weighted by Crippen LogP contribution is -2.50. The van der Waals surface area contributed by atoms with Crippen LogP contribution in [0.2, 0.25) is 0 Å². The van der Waals surface area contributed by atoms with Crippen LogP contribution in [0.3, 0.4) is 0 Å². The third kappa shape index (κ3) is 3.52. The minimum atomic E-state index is 0.0938.